The molecule has 146 valence electrons. The molecule has 26 heavy (non-hydrogen) atoms. The van der Waals surface area contributed by atoms with Gasteiger partial charge in [-0.25, -0.2) is 0 Å². The molecule has 1 fully saturated rings. The van der Waals surface area contributed by atoms with Crippen molar-refractivity contribution in [3.8, 4) is 5.75 Å². The van der Waals surface area contributed by atoms with Gasteiger partial charge in [0.15, 0.2) is 0 Å². The van der Waals surface area contributed by atoms with Gasteiger partial charge in [-0.1, -0.05) is 19.1 Å². The van der Waals surface area contributed by atoms with Crippen molar-refractivity contribution in [2.75, 3.05) is 20.2 Å². The summed E-state index contributed by atoms with van der Waals surface area (Å²) in [5.41, 5.74) is -4.88. The number of carbonyl (C=O) groups is 1. The van der Waals surface area contributed by atoms with E-state index in [1.165, 1.54) is 19.2 Å². The molecule has 0 saturated heterocycles. The van der Waals surface area contributed by atoms with Crippen molar-refractivity contribution in [3.05, 3.63) is 29.8 Å². The summed E-state index contributed by atoms with van der Waals surface area (Å²) in [6.45, 7) is 3.41. The van der Waals surface area contributed by atoms with Crippen molar-refractivity contribution in [1.29, 1.82) is 0 Å². The summed E-state index contributed by atoms with van der Waals surface area (Å²) in [5.74, 6) is -1.32. The fraction of sp³-hybridized carbons (Fsp3) is 0.611. The molecule has 1 aliphatic rings. The number of hydrogen-bond acceptors (Lipinski definition) is 4. The number of rotatable bonds is 9. The summed E-state index contributed by atoms with van der Waals surface area (Å²) in [6, 6.07) is 4.84. The van der Waals surface area contributed by atoms with Gasteiger partial charge in [-0.05, 0) is 50.9 Å². The Kier molecular flexibility index (Phi) is 6.18. The molecule has 1 amide bonds. The Balaban J connectivity index is 2.20. The highest BCUT2D eigenvalue weighted by Gasteiger charge is 2.62. The Hall–Kier alpha value is -1.80. The second-order valence-corrected chi connectivity index (χ2v) is 6.67. The minimum Gasteiger partial charge on any atom is -0.497 e. The molecule has 1 atom stereocenters. The van der Waals surface area contributed by atoms with Crippen LogP contribution in [0.5, 0.6) is 5.75 Å². The van der Waals surface area contributed by atoms with Crippen LogP contribution in [0.2, 0.25) is 0 Å². The average molecular weight is 374 g/mol. The van der Waals surface area contributed by atoms with Crippen molar-refractivity contribution in [2.24, 2.45) is 0 Å². The first-order chi connectivity index (χ1) is 12.2. The lowest BCUT2D eigenvalue weighted by Gasteiger charge is -2.32. The van der Waals surface area contributed by atoms with E-state index in [0.29, 0.717) is 25.8 Å². The molecule has 0 spiro atoms. The summed E-state index contributed by atoms with van der Waals surface area (Å²) in [7, 11) is 1.30. The van der Waals surface area contributed by atoms with Gasteiger partial charge < -0.3 is 20.5 Å². The van der Waals surface area contributed by atoms with Gasteiger partial charge in [0, 0.05) is 11.1 Å². The topological polar surface area (TPSA) is 70.6 Å². The molecule has 0 unspecified atom stereocenters. The minimum absolute atomic E-state index is 0.128. The average Bonchev–Trinajstić information content (AvgIpc) is 3.36. The predicted octanol–water partition coefficient (Wildman–Crippen LogP) is 2.48. The van der Waals surface area contributed by atoms with Gasteiger partial charge in [0.1, 0.15) is 5.75 Å². The van der Waals surface area contributed by atoms with E-state index in [9.17, 15) is 23.1 Å². The third-order valence-electron chi connectivity index (χ3n) is 4.67. The van der Waals surface area contributed by atoms with Gasteiger partial charge in [0.2, 0.25) is 0 Å². The highest BCUT2D eigenvalue weighted by atomic mass is 19.4. The van der Waals surface area contributed by atoms with Crippen molar-refractivity contribution >= 4 is 5.91 Å². The Bertz CT molecular complexity index is 632. The Morgan fingerprint density at radius 2 is 2.00 bits per heavy atom. The number of nitrogens with one attached hydrogen (secondary N) is 2. The highest BCUT2D eigenvalue weighted by Crippen LogP contribution is 2.44. The standard InChI is InChI=1S/C18H25F3N2O3/c1-3-10-22-11-9-16(7-8-16)23-15(24)17(25,18(19,20)21)13-5-4-6-14(12-13)26-2/h4-6,12,22,25H,3,7-11H2,1-2H3,(H,23,24)/t17-/m1/s1. The Morgan fingerprint density at radius 3 is 2.54 bits per heavy atom. The zero-order chi connectivity index (χ0) is 19.4. The lowest BCUT2D eigenvalue weighted by atomic mass is 9.91. The van der Waals surface area contributed by atoms with E-state index in [0.717, 1.165) is 25.1 Å². The molecule has 2 rings (SSSR count). The van der Waals surface area contributed by atoms with Crippen LogP contribution in [0.25, 0.3) is 0 Å². The van der Waals surface area contributed by atoms with E-state index in [4.69, 9.17) is 4.74 Å². The van der Waals surface area contributed by atoms with Crippen LogP contribution >= 0.6 is 0 Å². The molecule has 1 aromatic rings. The molecule has 3 N–H and O–H groups in total. The third kappa shape index (κ3) is 4.29. The van der Waals surface area contributed by atoms with Gasteiger partial charge in [0.05, 0.1) is 7.11 Å². The maximum Gasteiger partial charge on any atom is 0.430 e. The van der Waals surface area contributed by atoms with Crippen molar-refractivity contribution in [2.45, 2.75) is 49.9 Å². The van der Waals surface area contributed by atoms with Crippen LogP contribution in [-0.4, -0.2) is 42.9 Å². The number of benzene rings is 1. The number of methoxy groups -OCH3 is 1. The Labute approximate surface area is 150 Å². The maximum atomic E-state index is 13.7. The van der Waals surface area contributed by atoms with Crippen molar-refractivity contribution in [3.63, 3.8) is 0 Å². The molecule has 8 heteroatoms. The van der Waals surface area contributed by atoms with Crippen molar-refractivity contribution in [1.82, 2.24) is 10.6 Å². The summed E-state index contributed by atoms with van der Waals surface area (Å²) in [6.07, 6.45) is -2.51. The van der Waals surface area contributed by atoms with Crippen LogP contribution in [0, 0.1) is 0 Å². The lowest BCUT2D eigenvalue weighted by Crippen LogP contribution is -2.57. The first kappa shape index (κ1) is 20.5. The third-order valence-corrected chi connectivity index (χ3v) is 4.67. The molecule has 0 bridgehead atoms. The van der Waals surface area contributed by atoms with E-state index < -0.39 is 28.8 Å². The van der Waals surface area contributed by atoms with E-state index in [1.54, 1.807) is 0 Å². The van der Waals surface area contributed by atoms with E-state index in [-0.39, 0.29) is 5.75 Å². The molecular weight excluding hydrogens is 349 g/mol. The quantitative estimate of drug-likeness (QED) is 0.581. The van der Waals surface area contributed by atoms with Crippen LogP contribution in [0.15, 0.2) is 24.3 Å². The molecule has 5 nitrogen and oxygen atoms in total. The van der Waals surface area contributed by atoms with Crippen LogP contribution in [0.1, 0.15) is 38.2 Å². The molecular formula is C18H25F3N2O3. The lowest BCUT2D eigenvalue weighted by molar-refractivity contribution is -0.257. The normalized spacial score (nSPS) is 18.1. The first-order valence-corrected chi connectivity index (χ1v) is 8.65. The number of amides is 1. The number of alkyl halides is 3. The Morgan fingerprint density at radius 1 is 1.31 bits per heavy atom. The van der Waals surface area contributed by atoms with Gasteiger partial charge in [0.25, 0.3) is 11.5 Å². The van der Waals surface area contributed by atoms with E-state index >= 15 is 0 Å². The van der Waals surface area contributed by atoms with E-state index in [1.807, 2.05) is 6.92 Å². The van der Waals surface area contributed by atoms with Gasteiger partial charge >= 0.3 is 6.18 Å². The van der Waals surface area contributed by atoms with Gasteiger partial charge in [-0.2, -0.15) is 13.2 Å². The summed E-state index contributed by atoms with van der Waals surface area (Å²) < 4.78 is 45.9. The fourth-order valence-electron chi connectivity index (χ4n) is 2.82. The smallest absolute Gasteiger partial charge is 0.430 e. The zero-order valence-electron chi connectivity index (χ0n) is 14.9. The van der Waals surface area contributed by atoms with Crippen LogP contribution in [0.4, 0.5) is 13.2 Å². The number of carbonyl (C=O) groups excluding carboxylic acids is 1. The SMILES string of the molecule is CCCNCCC1(NC(=O)[C@](O)(c2cccc(OC)c2)C(F)(F)F)CC1. The second kappa shape index (κ2) is 7.84. The molecule has 1 saturated carbocycles. The van der Waals surface area contributed by atoms with Crippen molar-refractivity contribution < 1.29 is 27.8 Å². The highest BCUT2D eigenvalue weighted by molar-refractivity contribution is 5.88. The second-order valence-electron chi connectivity index (χ2n) is 6.67. The maximum absolute atomic E-state index is 13.7. The molecule has 0 aromatic heterocycles. The predicted molar refractivity (Wildman–Crippen MR) is 90.8 cm³/mol. The largest absolute Gasteiger partial charge is 0.497 e. The van der Waals surface area contributed by atoms with Gasteiger partial charge in [-0.15, -0.1) is 0 Å². The number of ether oxygens (including phenoxy) is 1. The van der Waals surface area contributed by atoms with E-state index in [2.05, 4.69) is 10.6 Å². The molecule has 1 aliphatic carbocycles. The minimum atomic E-state index is -5.17. The molecule has 0 heterocycles. The number of halogens is 3. The number of aliphatic hydroxyl groups is 1. The summed E-state index contributed by atoms with van der Waals surface area (Å²) >= 11 is 0. The molecule has 0 radical (unpaired) electrons. The molecule has 1 aromatic carbocycles. The summed E-state index contributed by atoms with van der Waals surface area (Å²) in [4.78, 5) is 12.5. The zero-order valence-corrected chi connectivity index (χ0v) is 14.9. The monoisotopic (exact) mass is 374 g/mol. The fourth-order valence-corrected chi connectivity index (χ4v) is 2.82. The first-order valence-electron chi connectivity index (χ1n) is 8.65. The molecule has 0 aliphatic heterocycles. The van der Waals surface area contributed by atoms with Crippen LogP contribution in [0.3, 0.4) is 0 Å². The van der Waals surface area contributed by atoms with Crippen LogP contribution < -0.4 is 15.4 Å². The number of hydrogen-bond donors (Lipinski definition) is 3. The van der Waals surface area contributed by atoms with Crippen LogP contribution in [-0.2, 0) is 10.4 Å². The van der Waals surface area contributed by atoms with Gasteiger partial charge in [-0.3, -0.25) is 4.79 Å². The summed E-state index contributed by atoms with van der Waals surface area (Å²) in [5, 5.41) is 16.0.